The molecule has 1 saturated heterocycles. The van der Waals surface area contributed by atoms with E-state index in [2.05, 4.69) is 24.1 Å². The van der Waals surface area contributed by atoms with Gasteiger partial charge in [-0.15, -0.1) is 0 Å². The summed E-state index contributed by atoms with van der Waals surface area (Å²) in [6.07, 6.45) is 2.51. The van der Waals surface area contributed by atoms with Crippen molar-refractivity contribution in [2.24, 2.45) is 5.92 Å². The quantitative estimate of drug-likeness (QED) is 0.872. The van der Waals surface area contributed by atoms with Crippen molar-refractivity contribution in [1.82, 2.24) is 10.2 Å². The van der Waals surface area contributed by atoms with Gasteiger partial charge in [0.15, 0.2) is 11.6 Å². The van der Waals surface area contributed by atoms with E-state index >= 15 is 0 Å². The second-order valence-electron chi connectivity index (χ2n) is 5.90. The molecule has 1 N–H and O–H groups in total. The van der Waals surface area contributed by atoms with Crippen LogP contribution in [0.1, 0.15) is 38.3 Å². The first-order chi connectivity index (χ1) is 10.1. The van der Waals surface area contributed by atoms with Crippen molar-refractivity contribution in [2.45, 2.75) is 32.7 Å². The molecule has 3 nitrogen and oxygen atoms in total. The molecular formula is C17H27FN2O. The molecule has 1 aliphatic rings. The van der Waals surface area contributed by atoms with E-state index < -0.39 is 0 Å². The Morgan fingerprint density at radius 2 is 2.10 bits per heavy atom. The molecular weight excluding hydrogens is 267 g/mol. The van der Waals surface area contributed by atoms with E-state index in [-0.39, 0.29) is 11.9 Å². The predicted molar refractivity (Wildman–Crippen MR) is 84.2 cm³/mol. The maximum Gasteiger partial charge on any atom is 0.165 e. The standard InChI is InChI=1S/C17H27FN2O/c1-4-20-9-7-14(8-10-20)12-19-13(2)15-5-6-17(21-3)16(18)11-15/h5-6,11,13-14,19H,4,7-10,12H2,1-3H3. The van der Waals surface area contributed by atoms with Gasteiger partial charge in [-0.3, -0.25) is 0 Å². The van der Waals surface area contributed by atoms with Gasteiger partial charge in [0.1, 0.15) is 0 Å². The summed E-state index contributed by atoms with van der Waals surface area (Å²) >= 11 is 0. The summed E-state index contributed by atoms with van der Waals surface area (Å²) in [5.74, 6) is 0.746. The van der Waals surface area contributed by atoms with Gasteiger partial charge >= 0.3 is 0 Å². The van der Waals surface area contributed by atoms with Crippen molar-refractivity contribution >= 4 is 0 Å². The molecule has 21 heavy (non-hydrogen) atoms. The molecule has 1 atom stereocenters. The SMILES string of the molecule is CCN1CCC(CNC(C)c2ccc(OC)c(F)c2)CC1. The Bertz CT molecular complexity index is 444. The van der Waals surface area contributed by atoms with Crippen LogP contribution in [0.5, 0.6) is 5.75 Å². The van der Waals surface area contributed by atoms with Crippen LogP contribution in [0.15, 0.2) is 18.2 Å². The van der Waals surface area contributed by atoms with Crippen molar-refractivity contribution in [3.8, 4) is 5.75 Å². The second kappa shape index (κ2) is 7.76. The zero-order chi connectivity index (χ0) is 15.2. The maximum absolute atomic E-state index is 13.7. The number of hydrogen-bond donors (Lipinski definition) is 1. The highest BCUT2D eigenvalue weighted by atomic mass is 19.1. The molecule has 0 spiro atoms. The number of likely N-dealkylation sites (tertiary alicyclic amines) is 1. The monoisotopic (exact) mass is 294 g/mol. The molecule has 0 bridgehead atoms. The van der Waals surface area contributed by atoms with Crippen molar-refractivity contribution < 1.29 is 9.13 Å². The highest BCUT2D eigenvalue weighted by Gasteiger charge is 2.18. The van der Waals surface area contributed by atoms with E-state index in [1.165, 1.54) is 33.0 Å². The van der Waals surface area contributed by atoms with Crippen molar-refractivity contribution in [2.75, 3.05) is 33.3 Å². The topological polar surface area (TPSA) is 24.5 Å². The van der Waals surface area contributed by atoms with Gasteiger partial charge in [-0.2, -0.15) is 0 Å². The average Bonchev–Trinajstić information content (AvgIpc) is 2.53. The van der Waals surface area contributed by atoms with Crippen LogP contribution in [0.3, 0.4) is 0 Å². The molecule has 118 valence electrons. The molecule has 0 aliphatic carbocycles. The first-order valence-corrected chi connectivity index (χ1v) is 7.93. The van der Waals surface area contributed by atoms with E-state index in [0.717, 1.165) is 24.6 Å². The van der Waals surface area contributed by atoms with E-state index in [0.29, 0.717) is 5.75 Å². The third-order valence-corrected chi connectivity index (χ3v) is 4.54. The zero-order valence-electron chi connectivity index (χ0n) is 13.4. The molecule has 0 radical (unpaired) electrons. The lowest BCUT2D eigenvalue weighted by Crippen LogP contribution is -2.37. The predicted octanol–water partition coefficient (Wildman–Crippen LogP) is 3.22. The maximum atomic E-state index is 13.7. The third kappa shape index (κ3) is 4.42. The average molecular weight is 294 g/mol. The Morgan fingerprint density at radius 1 is 1.38 bits per heavy atom. The summed E-state index contributed by atoms with van der Waals surface area (Å²) in [5.41, 5.74) is 0.972. The van der Waals surface area contributed by atoms with Gasteiger partial charge in [0.25, 0.3) is 0 Å². The van der Waals surface area contributed by atoms with Gasteiger partial charge in [-0.1, -0.05) is 13.0 Å². The van der Waals surface area contributed by atoms with Gasteiger partial charge in [0, 0.05) is 6.04 Å². The fraction of sp³-hybridized carbons (Fsp3) is 0.647. The van der Waals surface area contributed by atoms with Crippen molar-refractivity contribution in [3.63, 3.8) is 0 Å². The molecule has 4 heteroatoms. The van der Waals surface area contributed by atoms with E-state index in [9.17, 15) is 4.39 Å². The first kappa shape index (κ1) is 16.2. The minimum Gasteiger partial charge on any atom is -0.494 e. The summed E-state index contributed by atoms with van der Waals surface area (Å²) in [5, 5.41) is 3.54. The lowest BCUT2D eigenvalue weighted by atomic mass is 9.96. The van der Waals surface area contributed by atoms with Crippen LogP contribution < -0.4 is 10.1 Å². The summed E-state index contributed by atoms with van der Waals surface area (Å²) in [6.45, 7) is 8.87. The normalized spacial score (nSPS) is 18.7. The van der Waals surface area contributed by atoms with E-state index in [4.69, 9.17) is 4.74 Å². The number of benzene rings is 1. The zero-order valence-corrected chi connectivity index (χ0v) is 13.4. The van der Waals surface area contributed by atoms with E-state index in [1.54, 1.807) is 12.1 Å². The fourth-order valence-corrected chi connectivity index (χ4v) is 2.92. The summed E-state index contributed by atoms with van der Waals surface area (Å²) in [6, 6.07) is 5.35. The molecule has 1 unspecified atom stereocenters. The molecule has 0 aromatic heterocycles. The van der Waals surface area contributed by atoms with Crippen LogP contribution in [-0.4, -0.2) is 38.2 Å². The molecule has 1 aliphatic heterocycles. The van der Waals surface area contributed by atoms with Crippen LogP contribution in [0.2, 0.25) is 0 Å². The lowest BCUT2D eigenvalue weighted by molar-refractivity contribution is 0.188. The largest absolute Gasteiger partial charge is 0.494 e. The lowest BCUT2D eigenvalue weighted by Gasteiger charge is -2.31. The summed E-state index contributed by atoms with van der Waals surface area (Å²) in [4.78, 5) is 2.50. The van der Waals surface area contributed by atoms with E-state index in [1.807, 2.05) is 6.07 Å². The number of hydrogen-bond acceptors (Lipinski definition) is 3. The van der Waals surface area contributed by atoms with Crippen molar-refractivity contribution in [1.29, 1.82) is 0 Å². The van der Waals surface area contributed by atoms with Crippen LogP contribution in [0.25, 0.3) is 0 Å². The molecule has 1 aromatic carbocycles. The first-order valence-electron chi connectivity index (χ1n) is 7.93. The summed E-state index contributed by atoms with van der Waals surface area (Å²) < 4.78 is 18.7. The van der Waals surface area contributed by atoms with Crippen LogP contribution >= 0.6 is 0 Å². The Hall–Kier alpha value is -1.13. The van der Waals surface area contributed by atoms with Crippen molar-refractivity contribution in [3.05, 3.63) is 29.6 Å². The minimum absolute atomic E-state index is 0.162. The van der Waals surface area contributed by atoms with Gasteiger partial charge in [0.05, 0.1) is 7.11 Å². The second-order valence-corrected chi connectivity index (χ2v) is 5.90. The molecule has 1 fully saturated rings. The fourth-order valence-electron chi connectivity index (χ4n) is 2.92. The Labute approximate surface area is 127 Å². The molecule has 0 saturated carbocycles. The molecule has 0 amide bonds. The Kier molecular flexibility index (Phi) is 6.00. The summed E-state index contributed by atoms with van der Waals surface area (Å²) in [7, 11) is 1.49. The van der Waals surface area contributed by atoms with Gasteiger partial charge in [-0.25, -0.2) is 4.39 Å². The number of nitrogens with zero attached hydrogens (tertiary/aromatic N) is 1. The van der Waals surface area contributed by atoms with Gasteiger partial charge in [-0.05, 0) is 69.6 Å². The Balaban J connectivity index is 1.82. The number of halogens is 1. The third-order valence-electron chi connectivity index (χ3n) is 4.54. The minimum atomic E-state index is -0.292. The molecule has 1 heterocycles. The van der Waals surface area contributed by atoms with Gasteiger partial charge in [0.2, 0.25) is 0 Å². The number of methoxy groups -OCH3 is 1. The molecule has 2 rings (SSSR count). The number of ether oxygens (including phenoxy) is 1. The van der Waals surface area contributed by atoms with Crippen LogP contribution in [0, 0.1) is 11.7 Å². The van der Waals surface area contributed by atoms with Crippen LogP contribution in [0.4, 0.5) is 4.39 Å². The Morgan fingerprint density at radius 3 is 2.67 bits per heavy atom. The highest BCUT2D eigenvalue weighted by molar-refractivity contribution is 5.30. The number of nitrogens with one attached hydrogen (secondary N) is 1. The number of piperidine rings is 1. The van der Waals surface area contributed by atoms with Crippen LogP contribution in [-0.2, 0) is 0 Å². The smallest absolute Gasteiger partial charge is 0.165 e. The number of rotatable bonds is 6. The molecule has 1 aromatic rings. The van der Waals surface area contributed by atoms with Gasteiger partial charge < -0.3 is 15.0 Å². The highest BCUT2D eigenvalue weighted by Crippen LogP contribution is 2.22.